The first-order valence-corrected chi connectivity index (χ1v) is 8.81. The number of hydrogen-bond acceptors (Lipinski definition) is 4. The monoisotopic (exact) mass is 370 g/mol. The molecule has 2 amide bonds. The standard InChI is InChI=1S/C21H26N2O4/c1-21(2,3)27-20(26)23-18(16-12-8-5-9-13-16)19(25)22-17(14-24)15-10-6-4-7-11-15/h4-13,17-18,24H,14H2,1-3H3,(H,22,25)(H,23,26)/t17-,18-/m0/s1. The molecule has 0 bridgehead atoms. The van der Waals surface area contributed by atoms with E-state index in [2.05, 4.69) is 10.6 Å². The van der Waals surface area contributed by atoms with Gasteiger partial charge in [-0.3, -0.25) is 4.79 Å². The Morgan fingerprint density at radius 1 is 0.926 bits per heavy atom. The lowest BCUT2D eigenvalue weighted by molar-refractivity contribution is -0.124. The number of ether oxygens (including phenoxy) is 1. The molecule has 0 aliphatic carbocycles. The summed E-state index contributed by atoms with van der Waals surface area (Å²) >= 11 is 0. The van der Waals surface area contributed by atoms with Crippen LogP contribution in [0.2, 0.25) is 0 Å². The summed E-state index contributed by atoms with van der Waals surface area (Å²) in [5, 5.41) is 15.1. The van der Waals surface area contributed by atoms with Crippen LogP contribution in [0.15, 0.2) is 60.7 Å². The van der Waals surface area contributed by atoms with Crippen LogP contribution in [0.25, 0.3) is 0 Å². The Hall–Kier alpha value is -2.86. The molecule has 0 aromatic heterocycles. The van der Waals surface area contributed by atoms with Crippen LogP contribution in [0.5, 0.6) is 0 Å². The van der Waals surface area contributed by atoms with E-state index in [1.165, 1.54) is 0 Å². The summed E-state index contributed by atoms with van der Waals surface area (Å²) in [6.45, 7) is 4.99. The molecule has 0 heterocycles. The lowest BCUT2D eigenvalue weighted by atomic mass is 10.0. The number of aliphatic hydroxyl groups is 1. The molecule has 2 atom stereocenters. The zero-order valence-corrected chi connectivity index (χ0v) is 15.8. The molecule has 0 saturated heterocycles. The minimum Gasteiger partial charge on any atom is -0.444 e. The minimum atomic E-state index is -0.946. The number of nitrogens with one attached hydrogen (secondary N) is 2. The number of hydrogen-bond donors (Lipinski definition) is 3. The quantitative estimate of drug-likeness (QED) is 0.729. The zero-order chi connectivity index (χ0) is 19.9. The van der Waals surface area contributed by atoms with Gasteiger partial charge in [-0.25, -0.2) is 4.79 Å². The minimum absolute atomic E-state index is 0.260. The van der Waals surface area contributed by atoms with Crippen molar-refractivity contribution in [2.45, 2.75) is 38.5 Å². The van der Waals surface area contributed by atoms with E-state index in [1.54, 1.807) is 45.0 Å². The molecular formula is C21H26N2O4. The average Bonchev–Trinajstić information content (AvgIpc) is 2.64. The van der Waals surface area contributed by atoms with Gasteiger partial charge >= 0.3 is 6.09 Å². The third kappa shape index (κ3) is 6.42. The van der Waals surface area contributed by atoms with E-state index in [0.29, 0.717) is 5.56 Å². The predicted molar refractivity (Wildman–Crippen MR) is 103 cm³/mol. The second-order valence-corrected chi connectivity index (χ2v) is 7.14. The highest BCUT2D eigenvalue weighted by Crippen LogP contribution is 2.18. The Morgan fingerprint density at radius 3 is 1.93 bits per heavy atom. The number of carbonyl (C=O) groups is 2. The Balaban J connectivity index is 2.19. The highest BCUT2D eigenvalue weighted by atomic mass is 16.6. The second kappa shape index (κ2) is 9.19. The average molecular weight is 370 g/mol. The smallest absolute Gasteiger partial charge is 0.408 e. The van der Waals surface area contributed by atoms with Crippen LogP contribution in [-0.4, -0.2) is 29.3 Å². The molecular weight excluding hydrogens is 344 g/mol. The van der Waals surface area contributed by atoms with E-state index in [-0.39, 0.29) is 6.61 Å². The molecule has 2 rings (SSSR count). The van der Waals surface area contributed by atoms with Crippen molar-refractivity contribution in [3.05, 3.63) is 71.8 Å². The summed E-state index contributed by atoms with van der Waals surface area (Å²) in [6.07, 6.45) is -0.688. The molecule has 0 radical (unpaired) electrons. The molecule has 0 unspecified atom stereocenters. The Morgan fingerprint density at radius 2 is 1.44 bits per heavy atom. The first kappa shape index (κ1) is 20.5. The van der Waals surface area contributed by atoms with Gasteiger partial charge in [0, 0.05) is 0 Å². The lowest BCUT2D eigenvalue weighted by Crippen LogP contribution is -2.44. The zero-order valence-electron chi connectivity index (χ0n) is 15.8. The van der Waals surface area contributed by atoms with Crippen LogP contribution in [0.1, 0.15) is 44.0 Å². The summed E-state index contributed by atoms with van der Waals surface area (Å²) in [5.74, 6) is -0.435. The van der Waals surface area contributed by atoms with Gasteiger partial charge in [0.05, 0.1) is 12.6 Å². The molecule has 0 fully saturated rings. The Bertz CT molecular complexity index is 742. The molecule has 6 nitrogen and oxygen atoms in total. The van der Waals surface area contributed by atoms with Gasteiger partial charge in [0.15, 0.2) is 0 Å². The largest absolute Gasteiger partial charge is 0.444 e. The van der Waals surface area contributed by atoms with Gasteiger partial charge in [0.25, 0.3) is 0 Å². The Kier molecular flexibility index (Phi) is 6.96. The van der Waals surface area contributed by atoms with E-state index in [9.17, 15) is 14.7 Å². The molecule has 2 aromatic carbocycles. The third-order valence-electron chi connectivity index (χ3n) is 3.76. The van der Waals surface area contributed by atoms with E-state index in [4.69, 9.17) is 4.74 Å². The SMILES string of the molecule is CC(C)(C)OC(=O)N[C@H](C(=O)N[C@@H](CO)c1ccccc1)c1ccccc1. The fourth-order valence-corrected chi connectivity index (χ4v) is 2.55. The van der Waals surface area contributed by atoms with Crippen LogP contribution < -0.4 is 10.6 Å². The van der Waals surface area contributed by atoms with Crippen LogP contribution in [0, 0.1) is 0 Å². The molecule has 2 aromatic rings. The maximum Gasteiger partial charge on any atom is 0.408 e. The van der Waals surface area contributed by atoms with E-state index < -0.39 is 29.7 Å². The van der Waals surface area contributed by atoms with E-state index in [1.807, 2.05) is 36.4 Å². The van der Waals surface area contributed by atoms with Crippen molar-refractivity contribution in [3.8, 4) is 0 Å². The second-order valence-electron chi connectivity index (χ2n) is 7.14. The lowest BCUT2D eigenvalue weighted by Gasteiger charge is -2.25. The summed E-state index contributed by atoms with van der Waals surface area (Å²) in [5.41, 5.74) is 0.711. The molecule has 0 saturated carbocycles. The van der Waals surface area contributed by atoms with Crippen LogP contribution in [0.3, 0.4) is 0 Å². The molecule has 0 spiro atoms. The summed E-state index contributed by atoms with van der Waals surface area (Å²) in [7, 11) is 0. The fourth-order valence-electron chi connectivity index (χ4n) is 2.55. The number of aliphatic hydroxyl groups excluding tert-OH is 1. The normalized spacial score (nSPS) is 13.3. The van der Waals surface area contributed by atoms with Crippen molar-refractivity contribution < 1.29 is 19.4 Å². The van der Waals surface area contributed by atoms with Crippen molar-refractivity contribution in [2.75, 3.05) is 6.61 Å². The first-order valence-electron chi connectivity index (χ1n) is 8.81. The number of rotatable bonds is 6. The molecule has 3 N–H and O–H groups in total. The number of carbonyl (C=O) groups excluding carboxylic acids is 2. The van der Waals surface area contributed by atoms with E-state index >= 15 is 0 Å². The summed E-state index contributed by atoms with van der Waals surface area (Å²) in [6, 6.07) is 16.5. The highest BCUT2D eigenvalue weighted by molar-refractivity contribution is 5.87. The number of amides is 2. The van der Waals surface area contributed by atoms with Gasteiger partial charge in [-0.2, -0.15) is 0 Å². The van der Waals surface area contributed by atoms with Crippen LogP contribution in [-0.2, 0) is 9.53 Å². The molecule has 27 heavy (non-hydrogen) atoms. The molecule has 144 valence electrons. The van der Waals surface area contributed by atoms with Crippen LogP contribution >= 0.6 is 0 Å². The van der Waals surface area contributed by atoms with Crippen LogP contribution in [0.4, 0.5) is 4.79 Å². The molecule has 0 aliphatic rings. The fraction of sp³-hybridized carbons (Fsp3) is 0.333. The summed E-state index contributed by atoms with van der Waals surface area (Å²) in [4.78, 5) is 25.1. The van der Waals surface area contributed by atoms with Gasteiger partial charge in [0.2, 0.25) is 5.91 Å². The number of benzene rings is 2. The predicted octanol–water partition coefficient (Wildman–Crippen LogP) is 3.10. The van der Waals surface area contributed by atoms with Crippen molar-refractivity contribution in [3.63, 3.8) is 0 Å². The number of alkyl carbamates (subject to hydrolysis) is 1. The van der Waals surface area contributed by atoms with Crippen molar-refractivity contribution in [1.29, 1.82) is 0 Å². The van der Waals surface area contributed by atoms with Gasteiger partial charge in [-0.05, 0) is 31.9 Å². The summed E-state index contributed by atoms with van der Waals surface area (Å²) < 4.78 is 5.28. The van der Waals surface area contributed by atoms with Gasteiger partial charge < -0.3 is 20.5 Å². The maximum absolute atomic E-state index is 12.9. The highest BCUT2D eigenvalue weighted by Gasteiger charge is 2.27. The van der Waals surface area contributed by atoms with E-state index in [0.717, 1.165) is 5.56 Å². The molecule has 6 heteroatoms. The van der Waals surface area contributed by atoms with Crippen molar-refractivity contribution in [1.82, 2.24) is 10.6 Å². The maximum atomic E-state index is 12.9. The first-order chi connectivity index (χ1) is 12.8. The molecule has 0 aliphatic heterocycles. The topological polar surface area (TPSA) is 87.7 Å². The van der Waals surface area contributed by atoms with Gasteiger partial charge in [-0.1, -0.05) is 60.7 Å². The van der Waals surface area contributed by atoms with Crippen molar-refractivity contribution >= 4 is 12.0 Å². The van der Waals surface area contributed by atoms with Gasteiger partial charge in [-0.15, -0.1) is 0 Å². The van der Waals surface area contributed by atoms with Gasteiger partial charge in [0.1, 0.15) is 11.6 Å². The third-order valence-corrected chi connectivity index (χ3v) is 3.76. The van der Waals surface area contributed by atoms with Crippen molar-refractivity contribution in [2.24, 2.45) is 0 Å². The Labute approximate surface area is 159 Å².